The fourth-order valence-electron chi connectivity index (χ4n) is 1.27. The van der Waals surface area contributed by atoms with Gasteiger partial charge in [0.2, 0.25) is 0 Å². The van der Waals surface area contributed by atoms with Gasteiger partial charge in [-0.2, -0.15) is 0 Å². The van der Waals surface area contributed by atoms with Crippen molar-refractivity contribution in [3.05, 3.63) is 40.8 Å². The molecule has 2 rings (SSSR count). The second kappa shape index (κ2) is 3.89. The highest BCUT2D eigenvalue weighted by Crippen LogP contribution is 2.22. The molecule has 1 heterocycles. The third-order valence-electron chi connectivity index (χ3n) is 1.88. The van der Waals surface area contributed by atoms with Gasteiger partial charge in [0.15, 0.2) is 5.75 Å². The van der Waals surface area contributed by atoms with Gasteiger partial charge in [-0.25, -0.2) is 4.79 Å². The van der Waals surface area contributed by atoms with E-state index in [-0.39, 0.29) is 0 Å². The molecule has 0 radical (unpaired) electrons. The minimum Gasteiger partial charge on any atom is -0.422 e. The fraction of sp³-hybridized carbons (Fsp3) is 0.0833. The van der Waals surface area contributed by atoms with E-state index < -0.39 is 5.63 Å². The predicted octanol–water partition coefficient (Wildman–Crippen LogP) is 2.15. The van der Waals surface area contributed by atoms with E-state index >= 15 is 0 Å². The van der Waals surface area contributed by atoms with Crippen molar-refractivity contribution in [2.75, 3.05) is 0 Å². The van der Waals surface area contributed by atoms with Crippen LogP contribution in [-0.4, -0.2) is 0 Å². The van der Waals surface area contributed by atoms with E-state index in [0.717, 1.165) is 5.39 Å². The molecule has 3 nitrogen and oxygen atoms in total. The zero-order chi connectivity index (χ0) is 10.7. The van der Waals surface area contributed by atoms with Crippen molar-refractivity contribution in [3.8, 4) is 17.8 Å². The molecule has 0 bridgehead atoms. The van der Waals surface area contributed by atoms with Gasteiger partial charge in [0, 0.05) is 6.92 Å². The van der Waals surface area contributed by atoms with Crippen molar-refractivity contribution in [2.24, 2.45) is 0 Å². The molecule has 0 amide bonds. The Morgan fingerprint density at radius 3 is 2.93 bits per heavy atom. The first-order chi connectivity index (χ1) is 7.31. The average Bonchev–Trinajstić information content (AvgIpc) is 2.25. The number of hydrogen-bond donors (Lipinski definition) is 0. The van der Waals surface area contributed by atoms with E-state index in [2.05, 4.69) is 12.0 Å². The summed E-state index contributed by atoms with van der Waals surface area (Å²) in [5.74, 6) is 3.02. The van der Waals surface area contributed by atoms with E-state index in [4.69, 9.17) is 9.15 Å². The Bertz CT molecular complexity index is 599. The van der Waals surface area contributed by atoms with Crippen LogP contribution in [0.2, 0.25) is 0 Å². The highest BCUT2D eigenvalue weighted by molar-refractivity contribution is 5.83. The van der Waals surface area contributed by atoms with Crippen molar-refractivity contribution in [3.63, 3.8) is 0 Å². The summed E-state index contributed by atoms with van der Waals surface area (Å²) in [7, 11) is 0. The molecule has 1 aromatic carbocycles. The van der Waals surface area contributed by atoms with Crippen molar-refractivity contribution < 1.29 is 9.15 Å². The zero-order valence-corrected chi connectivity index (χ0v) is 8.11. The number of rotatable bonds is 1. The van der Waals surface area contributed by atoms with Crippen molar-refractivity contribution in [1.29, 1.82) is 0 Å². The maximum Gasteiger partial charge on any atom is 0.340 e. The molecule has 3 heteroatoms. The van der Waals surface area contributed by atoms with Crippen molar-refractivity contribution in [2.45, 2.75) is 6.92 Å². The molecule has 0 N–H and O–H groups in total. The van der Waals surface area contributed by atoms with Crippen LogP contribution >= 0.6 is 0 Å². The molecule has 0 aliphatic heterocycles. The molecule has 74 valence electrons. The third kappa shape index (κ3) is 1.84. The maximum atomic E-state index is 11.2. The molecule has 0 aliphatic carbocycles. The number of ether oxygens (including phenoxy) is 1. The lowest BCUT2D eigenvalue weighted by Crippen LogP contribution is -1.98. The number of benzene rings is 1. The summed E-state index contributed by atoms with van der Waals surface area (Å²) < 4.78 is 10.1. The number of para-hydroxylation sites is 1. The SMILES string of the molecule is CC#COc1cc(=O)oc2ccccc12. The second-order valence-electron chi connectivity index (χ2n) is 2.88. The molecular formula is C12H8O3. The van der Waals surface area contributed by atoms with E-state index in [1.807, 2.05) is 12.1 Å². The Kier molecular flexibility index (Phi) is 2.42. The lowest BCUT2D eigenvalue weighted by atomic mass is 10.2. The smallest absolute Gasteiger partial charge is 0.340 e. The Balaban J connectivity index is 2.69. The minimum absolute atomic E-state index is 0.427. The Morgan fingerprint density at radius 1 is 1.33 bits per heavy atom. The molecule has 0 saturated heterocycles. The first-order valence-electron chi connectivity index (χ1n) is 4.43. The Labute approximate surface area is 86.3 Å². The van der Waals surface area contributed by atoms with Gasteiger partial charge < -0.3 is 9.15 Å². The van der Waals surface area contributed by atoms with Crippen LogP contribution in [-0.2, 0) is 0 Å². The average molecular weight is 200 g/mol. The molecule has 2 aromatic rings. The summed E-state index contributed by atoms with van der Waals surface area (Å²) in [6.07, 6.45) is 2.45. The standard InChI is InChI=1S/C12H8O3/c1-2-7-14-11-8-12(13)15-10-6-4-3-5-9(10)11/h3-6,8H,1H3. The summed E-state index contributed by atoms with van der Waals surface area (Å²) in [5, 5.41) is 0.736. The highest BCUT2D eigenvalue weighted by atomic mass is 16.5. The number of fused-ring (bicyclic) bond motifs is 1. The van der Waals surface area contributed by atoms with Crippen molar-refractivity contribution in [1.82, 2.24) is 0 Å². The molecular weight excluding hydrogens is 192 g/mol. The Hall–Kier alpha value is -2.21. The van der Waals surface area contributed by atoms with Gasteiger partial charge in [-0.05, 0) is 12.1 Å². The zero-order valence-electron chi connectivity index (χ0n) is 8.11. The quantitative estimate of drug-likeness (QED) is 0.523. The van der Waals surface area contributed by atoms with Gasteiger partial charge in [-0.15, -0.1) is 0 Å². The van der Waals surface area contributed by atoms with Gasteiger partial charge in [-0.1, -0.05) is 18.1 Å². The molecule has 0 atom stereocenters. The third-order valence-corrected chi connectivity index (χ3v) is 1.88. The number of hydrogen-bond acceptors (Lipinski definition) is 3. The second-order valence-corrected chi connectivity index (χ2v) is 2.88. The van der Waals surface area contributed by atoms with Gasteiger partial charge in [0.25, 0.3) is 0 Å². The van der Waals surface area contributed by atoms with Crippen LogP contribution in [0.1, 0.15) is 6.92 Å². The fourth-order valence-corrected chi connectivity index (χ4v) is 1.27. The molecule has 15 heavy (non-hydrogen) atoms. The molecule has 0 fully saturated rings. The largest absolute Gasteiger partial charge is 0.422 e. The van der Waals surface area contributed by atoms with E-state index in [9.17, 15) is 4.79 Å². The summed E-state index contributed by atoms with van der Waals surface area (Å²) >= 11 is 0. The predicted molar refractivity (Wildman–Crippen MR) is 56.6 cm³/mol. The first kappa shape index (κ1) is 9.35. The molecule has 0 spiro atoms. The summed E-state index contributed by atoms with van der Waals surface area (Å²) in [5.41, 5.74) is 0.0551. The first-order valence-corrected chi connectivity index (χ1v) is 4.43. The monoisotopic (exact) mass is 200 g/mol. The van der Waals surface area contributed by atoms with Gasteiger partial charge in [-0.3, -0.25) is 0 Å². The van der Waals surface area contributed by atoms with Crippen LogP contribution in [0.25, 0.3) is 11.0 Å². The Morgan fingerprint density at radius 2 is 2.13 bits per heavy atom. The molecule has 0 unspecified atom stereocenters. The summed E-state index contributed by atoms with van der Waals surface area (Å²) in [6, 6.07) is 8.44. The van der Waals surface area contributed by atoms with Crippen molar-refractivity contribution >= 4 is 11.0 Å². The topological polar surface area (TPSA) is 39.4 Å². The molecule has 0 aliphatic rings. The van der Waals surface area contributed by atoms with Crippen LogP contribution in [0, 0.1) is 12.0 Å². The van der Waals surface area contributed by atoms with E-state index in [0.29, 0.717) is 11.3 Å². The van der Waals surface area contributed by atoms with Crippen LogP contribution < -0.4 is 10.4 Å². The van der Waals surface area contributed by atoms with Gasteiger partial charge in [0.1, 0.15) is 11.7 Å². The summed E-state index contributed by atoms with van der Waals surface area (Å²) in [4.78, 5) is 11.2. The lowest BCUT2D eigenvalue weighted by Gasteiger charge is -2.00. The van der Waals surface area contributed by atoms with Gasteiger partial charge in [0.05, 0.1) is 11.5 Å². The van der Waals surface area contributed by atoms with Crippen LogP contribution in [0.3, 0.4) is 0 Å². The summed E-state index contributed by atoms with van der Waals surface area (Å²) in [6.45, 7) is 1.66. The van der Waals surface area contributed by atoms with Crippen LogP contribution in [0.5, 0.6) is 5.75 Å². The van der Waals surface area contributed by atoms with Gasteiger partial charge >= 0.3 is 5.63 Å². The van der Waals surface area contributed by atoms with E-state index in [1.165, 1.54) is 6.07 Å². The molecule has 0 saturated carbocycles. The normalized spacial score (nSPS) is 9.40. The highest BCUT2D eigenvalue weighted by Gasteiger charge is 2.04. The van der Waals surface area contributed by atoms with Crippen LogP contribution in [0.15, 0.2) is 39.5 Å². The lowest BCUT2D eigenvalue weighted by molar-refractivity contribution is 0.503. The molecule has 1 aromatic heterocycles. The minimum atomic E-state index is -0.443. The van der Waals surface area contributed by atoms with E-state index in [1.54, 1.807) is 19.1 Å². The van der Waals surface area contributed by atoms with Crippen LogP contribution in [0.4, 0.5) is 0 Å². The maximum absolute atomic E-state index is 11.2.